The van der Waals surface area contributed by atoms with Crippen LogP contribution in [0.15, 0.2) is 28.1 Å². The Morgan fingerprint density at radius 1 is 1.35 bits per heavy atom. The average Bonchev–Trinajstić information content (AvgIpc) is 2.39. The molecule has 110 valence electrons. The summed E-state index contributed by atoms with van der Waals surface area (Å²) < 4.78 is 44.1. The lowest BCUT2D eigenvalue weighted by Gasteiger charge is -2.21. The predicted octanol–water partition coefficient (Wildman–Crippen LogP) is -0.106. The van der Waals surface area contributed by atoms with Crippen LogP contribution in [0.4, 0.5) is 10.1 Å². The number of hydrogen-bond donors (Lipinski definition) is 3. The maximum Gasteiger partial charge on any atom is 0.266 e. The van der Waals surface area contributed by atoms with Gasteiger partial charge < -0.3 is 15.2 Å². The second kappa shape index (κ2) is 6.16. The largest absolute Gasteiger partial charge is 0.394 e. The number of halogens is 1. The second-order valence-corrected chi connectivity index (χ2v) is 5.59. The van der Waals surface area contributed by atoms with Crippen LogP contribution in [-0.2, 0) is 14.8 Å². The van der Waals surface area contributed by atoms with Crippen LogP contribution in [0, 0.1) is 5.82 Å². The quantitative estimate of drug-likeness (QED) is 0.659. The monoisotopic (exact) mass is 303 g/mol. The zero-order valence-corrected chi connectivity index (χ0v) is 11.3. The van der Waals surface area contributed by atoms with Crippen molar-refractivity contribution in [2.24, 2.45) is 4.99 Å². The van der Waals surface area contributed by atoms with Crippen molar-refractivity contribution < 1.29 is 22.7 Å². The standard InChI is InChI=1S/C11H14FN3O4S/c12-8-1-2-9-10(7-8)20(17,18)15-11(14-9)13-3-5-19-6-4-16/h1-2,7,16H,3-6H2,(H2,13,14,15). The molecule has 1 aliphatic heterocycles. The highest BCUT2D eigenvalue weighted by atomic mass is 32.2. The summed E-state index contributed by atoms with van der Waals surface area (Å²) in [5.41, 5.74) is 0.264. The lowest BCUT2D eigenvalue weighted by Crippen LogP contribution is -2.41. The lowest BCUT2D eigenvalue weighted by atomic mass is 10.3. The van der Waals surface area contributed by atoms with Crippen LogP contribution >= 0.6 is 0 Å². The van der Waals surface area contributed by atoms with Crippen LogP contribution in [0.25, 0.3) is 0 Å². The van der Waals surface area contributed by atoms with Crippen LogP contribution in [0.5, 0.6) is 0 Å². The van der Waals surface area contributed by atoms with Gasteiger partial charge in [-0.25, -0.2) is 22.5 Å². The Balaban J connectivity index is 2.11. The summed E-state index contributed by atoms with van der Waals surface area (Å²) in [6.07, 6.45) is 0. The van der Waals surface area contributed by atoms with E-state index in [4.69, 9.17) is 9.84 Å². The number of nitrogens with zero attached hydrogens (tertiary/aromatic N) is 1. The number of rotatable bonds is 5. The number of benzene rings is 1. The number of aliphatic hydroxyl groups excluding tert-OH is 1. The number of anilines is 1. The molecule has 2 rings (SSSR count). The van der Waals surface area contributed by atoms with E-state index in [1.54, 1.807) is 0 Å². The molecule has 0 amide bonds. The molecule has 0 aliphatic carbocycles. The Hall–Kier alpha value is -1.71. The summed E-state index contributed by atoms with van der Waals surface area (Å²) in [6.45, 7) is 0.595. The molecule has 0 spiro atoms. The third-order valence-electron chi connectivity index (χ3n) is 2.46. The zero-order chi connectivity index (χ0) is 14.6. The fourth-order valence-electron chi connectivity index (χ4n) is 1.62. The third kappa shape index (κ3) is 3.44. The summed E-state index contributed by atoms with van der Waals surface area (Å²) in [6, 6.07) is 3.43. The summed E-state index contributed by atoms with van der Waals surface area (Å²) in [5, 5.41) is 11.3. The SMILES string of the molecule is O=S1(=O)NC(=NCCOCCO)Nc2ccc(F)cc21. The Bertz CT molecular complexity index is 618. The van der Waals surface area contributed by atoms with Crippen LogP contribution in [0.2, 0.25) is 0 Å². The fourth-order valence-corrected chi connectivity index (χ4v) is 2.77. The minimum absolute atomic E-state index is 0.0525. The van der Waals surface area contributed by atoms with Gasteiger partial charge >= 0.3 is 0 Å². The average molecular weight is 303 g/mol. The molecule has 1 aromatic carbocycles. The number of hydrogen-bond acceptors (Lipinski definition) is 5. The normalized spacial score (nSPS) is 18.2. The maximum atomic E-state index is 13.1. The van der Waals surface area contributed by atoms with Gasteiger partial charge in [0.15, 0.2) is 0 Å². The summed E-state index contributed by atoms with van der Waals surface area (Å²) in [5.74, 6) is -0.578. The molecule has 0 fully saturated rings. The predicted molar refractivity (Wildman–Crippen MR) is 70.6 cm³/mol. The van der Waals surface area contributed by atoms with Crippen molar-refractivity contribution in [2.75, 3.05) is 31.7 Å². The van der Waals surface area contributed by atoms with E-state index < -0.39 is 15.8 Å². The Morgan fingerprint density at radius 2 is 2.15 bits per heavy atom. The first-order valence-electron chi connectivity index (χ1n) is 5.85. The smallest absolute Gasteiger partial charge is 0.266 e. The van der Waals surface area contributed by atoms with Crippen molar-refractivity contribution in [1.29, 1.82) is 0 Å². The number of fused-ring (bicyclic) bond motifs is 1. The third-order valence-corrected chi connectivity index (χ3v) is 3.84. The Labute approximate surface area is 115 Å². The lowest BCUT2D eigenvalue weighted by molar-refractivity contribution is 0.0978. The molecule has 7 nitrogen and oxygen atoms in total. The molecule has 9 heteroatoms. The van der Waals surface area contributed by atoms with Crippen molar-refractivity contribution >= 4 is 21.7 Å². The van der Waals surface area contributed by atoms with E-state index in [9.17, 15) is 12.8 Å². The number of aliphatic hydroxyl groups is 1. The van der Waals surface area contributed by atoms with Crippen LogP contribution in [-0.4, -0.2) is 45.8 Å². The van der Waals surface area contributed by atoms with Gasteiger partial charge in [-0.15, -0.1) is 0 Å². The van der Waals surface area contributed by atoms with Gasteiger partial charge in [-0.2, -0.15) is 0 Å². The van der Waals surface area contributed by atoms with E-state index >= 15 is 0 Å². The van der Waals surface area contributed by atoms with Crippen molar-refractivity contribution in [3.05, 3.63) is 24.0 Å². The molecule has 1 aromatic rings. The van der Waals surface area contributed by atoms with Crippen LogP contribution in [0.1, 0.15) is 0 Å². The molecule has 0 unspecified atom stereocenters. The molecule has 1 aliphatic rings. The summed E-state index contributed by atoms with van der Waals surface area (Å²) in [7, 11) is -3.83. The zero-order valence-electron chi connectivity index (χ0n) is 10.5. The van der Waals surface area contributed by atoms with E-state index in [2.05, 4.69) is 15.0 Å². The van der Waals surface area contributed by atoms with Crippen molar-refractivity contribution in [1.82, 2.24) is 4.72 Å². The first-order valence-corrected chi connectivity index (χ1v) is 7.34. The van der Waals surface area contributed by atoms with Crippen LogP contribution in [0.3, 0.4) is 0 Å². The fraction of sp³-hybridized carbons (Fsp3) is 0.364. The molecule has 0 aromatic heterocycles. The van der Waals surface area contributed by atoms with Gasteiger partial charge in [0.25, 0.3) is 10.0 Å². The van der Waals surface area contributed by atoms with Crippen LogP contribution < -0.4 is 10.0 Å². The Kier molecular flexibility index (Phi) is 4.53. The minimum atomic E-state index is -3.83. The van der Waals surface area contributed by atoms with Gasteiger partial charge in [0, 0.05) is 0 Å². The van der Waals surface area contributed by atoms with Gasteiger partial charge in [-0.3, -0.25) is 0 Å². The molecule has 3 N–H and O–H groups in total. The van der Waals surface area contributed by atoms with Gasteiger partial charge in [0.05, 0.1) is 32.1 Å². The molecular weight excluding hydrogens is 289 g/mol. The highest BCUT2D eigenvalue weighted by Crippen LogP contribution is 2.25. The van der Waals surface area contributed by atoms with Gasteiger partial charge in [0.2, 0.25) is 5.96 Å². The Morgan fingerprint density at radius 3 is 2.90 bits per heavy atom. The number of sulfonamides is 1. The van der Waals surface area contributed by atoms with Crippen molar-refractivity contribution in [3.8, 4) is 0 Å². The number of guanidine groups is 1. The first-order chi connectivity index (χ1) is 9.53. The molecule has 1 heterocycles. The van der Waals surface area contributed by atoms with E-state index in [1.807, 2.05) is 0 Å². The van der Waals surface area contributed by atoms with Gasteiger partial charge in [-0.05, 0) is 18.2 Å². The van der Waals surface area contributed by atoms with Gasteiger partial charge in [-0.1, -0.05) is 0 Å². The van der Waals surface area contributed by atoms with Crippen molar-refractivity contribution in [3.63, 3.8) is 0 Å². The number of nitrogens with one attached hydrogen (secondary N) is 2. The topological polar surface area (TPSA) is 100 Å². The maximum absolute atomic E-state index is 13.1. The van der Waals surface area contributed by atoms with Gasteiger partial charge in [0.1, 0.15) is 10.7 Å². The first kappa shape index (κ1) is 14.7. The summed E-state index contributed by atoms with van der Waals surface area (Å²) >= 11 is 0. The molecule has 20 heavy (non-hydrogen) atoms. The molecular formula is C11H14FN3O4S. The molecule has 0 radical (unpaired) electrons. The van der Waals surface area contributed by atoms with E-state index in [0.29, 0.717) is 0 Å². The molecule has 0 atom stereocenters. The second-order valence-electron chi connectivity index (χ2n) is 3.94. The summed E-state index contributed by atoms with van der Waals surface area (Å²) in [4.78, 5) is 3.83. The highest BCUT2D eigenvalue weighted by molar-refractivity contribution is 7.90. The minimum Gasteiger partial charge on any atom is -0.394 e. The molecule has 0 saturated carbocycles. The van der Waals surface area contributed by atoms with E-state index in [1.165, 1.54) is 6.07 Å². The van der Waals surface area contributed by atoms with E-state index in [-0.39, 0.29) is 42.9 Å². The molecule has 0 saturated heterocycles. The number of ether oxygens (including phenoxy) is 1. The number of aliphatic imine (C=N–C) groups is 1. The van der Waals surface area contributed by atoms with Crippen molar-refractivity contribution in [2.45, 2.75) is 4.90 Å². The molecule has 0 bridgehead atoms. The highest BCUT2D eigenvalue weighted by Gasteiger charge is 2.26. The van der Waals surface area contributed by atoms with E-state index in [0.717, 1.165) is 12.1 Å².